The largest absolute Gasteiger partial charge is 0.444 e. The van der Waals surface area contributed by atoms with Crippen molar-refractivity contribution >= 4 is 27.7 Å². The average Bonchev–Trinajstić information content (AvgIpc) is 2.52. The Labute approximate surface area is 146 Å². The number of amides is 1. The van der Waals surface area contributed by atoms with E-state index in [0.717, 1.165) is 18.7 Å². The summed E-state index contributed by atoms with van der Waals surface area (Å²) < 4.78 is 5.42. The Hall–Kier alpha value is -1.67. The van der Waals surface area contributed by atoms with Crippen LogP contribution in [0.3, 0.4) is 0 Å². The van der Waals surface area contributed by atoms with E-state index in [4.69, 9.17) is 4.74 Å². The molecule has 0 aliphatic carbocycles. The quantitative estimate of drug-likeness (QED) is 0.553. The second-order valence-corrected chi connectivity index (χ2v) is 7.00. The van der Waals surface area contributed by atoms with Crippen LogP contribution in [0.15, 0.2) is 24.3 Å². The van der Waals surface area contributed by atoms with E-state index in [1.165, 1.54) is 5.69 Å². The molecule has 1 aromatic rings. The Morgan fingerprint density at radius 3 is 2.30 bits per heavy atom. The van der Waals surface area contributed by atoms with Crippen LogP contribution in [0.1, 0.15) is 26.3 Å². The zero-order chi connectivity index (χ0) is 16.9. The van der Waals surface area contributed by atoms with Gasteiger partial charge in [0.25, 0.3) is 0 Å². The molecule has 0 atom stereocenters. The van der Waals surface area contributed by atoms with Crippen LogP contribution in [0.4, 0.5) is 10.5 Å². The van der Waals surface area contributed by atoms with E-state index in [9.17, 15) is 4.79 Å². The van der Waals surface area contributed by atoms with E-state index in [0.29, 0.717) is 18.4 Å². The van der Waals surface area contributed by atoms with Crippen molar-refractivity contribution in [2.45, 2.75) is 26.4 Å². The van der Waals surface area contributed by atoms with Gasteiger partial charge in [-0.05, 0) is 45.0 Å². The zero-order valence-electron chi connectivity index (χ0n) is 13.9. The molecular formula is C18H23BrN2O2. The lowest BCUT2D eigenvalue weighted by Gasteiger charge is -2.36. The van der Waals surface area contributed by atoms with E-state index < -0.39 is 5.60 Å². The summed E-state index contributed by atoms with van der Waals surface area (Å²) in [5.41, 5.74) is 1.74. The number of rotatable bonds is 1. The number of carbonyl (C=O) groups excluding carboxylic acids is 1. The number of carbonyl (C=O) groups is 1. The molecule has 1 aromatic carbocycles. The Bertz CT molecular complexity index is 588. The molecule has 1 aliphatic rings. The highest BCUT2D eigenvalue weighted by molar-refractivity contribution is 9.09. The molecule has 1 amide bonds. The molecule has 1 saturated heterocycles. The first-order valence-electron chi connectivity index (χ1n) is 7.77. The molecule has 1 fully saturated rings. The molecule has 0 radical (unpaired) electrons. The molecule has 2 rings (SSSR count). The van der Waals surface area contributed by atoms with Crippen molar-refractivity contribution in [3.63, 3.8) is 0 Å². The highest BCUT2D eigenvalue weighted by atomic mass is 79.9. The fourth-order valence-electron chi connectivity index (χ4n) is 2.36. The summed E-state index contributed by atoms with van der Waals surface area (Å²) in [6, 6.07) is 8.24. The normalized spacial score (nSPS) is 15.0. The summed E-state index contributed by atoms with van der Waals surface area (Å²) in [5.74, 6) is 6.08. The summed E-state index contributed by atoms with van der Waals surface area (Å²) in [7, 11) is 0. The molecule has 5 heteroatoms. The second kappa shape index (κ2) is 7.74. The minimum Gasteiger partial charge on any atom is -0.444 e. The van der Waals surface area contributed by atoms with Gasteiger partial charge in [0.05, 0.1) is 5.33 Å². The van der Waals surface area contributed by atoms with Crippen molar-refractivity contribution < 1.29 is 9.53 Å². The van der Waals surface area contributed by atoms with Gasteiger partial charge in [-0.1, -0.05) is 27.8 Å². The first kappa shape index (κ1) is 17.7. The maximum Gasteiger partial charge on any atom is 0.410 e. The Morgan fingerprint density at radius 1 is 1.17 bits per heavy atom. The molecular weight excluding hydrogens is 356 g/mol. The predicted octanol–water partition coefficient (Wildman–Crippen LogP) is 3.49. The van der Waals surface area contributed by atoms with Crippen LogP contribution in [-0.4, -0.2) is 48.1 Å². The number of nitrogens with zero attached hydrogens (tertiary/aromatic N) is 2. The van der Waals surface area contributed by atoms with E-state index in [2.05, 4.69) is 44.8 Å². The zero-order valence-corrected chi connectivity index (χ0v) is 15.5. The van der Waals surface area contributed by atoms with Gasteiger partial charge in [-0.2, -0.15) is 0 Å². The van der Waals surface area contributed by atoms with Gasteiger partial charge in [-0.15, -0.1) is 0 Å². The molecule has 0 unspecified atom stereocenters. The lowest BCUT2D eigenvalue weighted by Crippen LogP contribution is -2.50. The number of anilines is 1. The topological polar surface area (TPSA) is 32.8 Å². The fourth-order valence-corrected chi connectivity index (χ4v) is 2.50. The summed E-state index contributed by atoms with van der Waals surface area (Å²) in [6.45, 7) is 8.65. The molecule has 23 heavy (non-hydrogen) atoms. The van der Waals surface area contributed by atoms with E-state index in [1.54, 1.807) is 4.90 Å². The predicted molar refractivity (Wildman–Crippen MR) is 97.1 cm³/mol. The van der Waals surface area contributed by atoms with Crippen LogP contribution >= 0.6 is 15.9 Å². The molecule has 0 aromatic heterocycles. The van der Waals surface area contributed by atoms with Gasteiger partial charge in [-0.3, -0.25) is 0 Å². The van der Waals surface area contributed by atoms with Crippen LogP contribution in [0.25, 0.3) is 0 Å². The van der Waals surface area contributed by atoms with Crippen molar-refractivity contribution in [1.82, 2.24) is 4.90 Å². The van der Waals surface area contributed by atoms with Crippen LogP contribution < -0.4 is 4.90 Å². The summed E-state index contributed by atoms with van der Waals surface area (Å²) in [4.78, 5) is 16.1. The molecule has 0 spiro atoms. The van der Waals surface area contributed by atoms with Crippen LogP contribution in [0.2, 0.25) is 0 Å². The van der Waals surface area contributed by atoms with Gasteiger partial charge in [0, 0.05) is 37.4 Å². The highest BCUT2D eigenvalue weighted by Crippen LogP contribution is 2.18. The summed E-state index contributed by atoms with van der Waals surface area (Å²) in [6.07, 6.45) is -0.224. The summed E-state index contributed by atoms with van der Waals surface area (Å²) in [5, 5.41) is 0.682. The fraction of sp³-hybridized carbons (Fsp3) is 0.500. The van der Waals surface area contributed by atoms with Gasteiger partial charge in [0.1, 0.15) is 5.60 Å². The monoisotopic (exact) mass is 378 g/mol. The molecule has 0 N–H and O–H groups in total. The smallest absolute Gasteiger partial charge is 0.410 e. The number of hydrogen-bond acceptors (Lipinski definition) is 3. The number of piperazine rings is 1. The van der Waals surface area contributed by atoms with E-state index in [1.807, 2.05) is 32.9 Å². The van der Waals surface area contributed by atoms with Crippen molar-refractivity contribution in [2.24, 2.45) is 0 Å². The first-order valence-corrected chi connectivity index (χ1v) is 8.89. The molecule has 1 aliphatic heterocycles. The van der Waals surface area contributed by atoms with Crippen molar-refractivity contribution in [3.05, 3.63) is 29.8 Å². The lowest BCUT2D eigenvalue weighted by atomic mass is 10.2. The Balaban J connectivity index is 1.90. The van der Waals surface area contributed by atoms with Gasteiger partial charge in [0.15, 0.2) is 0 Å². The second-order valence-electron chi connectivity index (χ2n) is 6.44. The maximum absolute atomic E-state index is 12.1. The van der Waals surface area contributed by atoms with Crippen LogP contribution in [-0.2, 0) is 4.74 Å². The van der Waals surface area contributed by atoms with Crippen LogP contribution in [0, 0.1) is 11.8 Å². The Morgan fingerprint density at radius 2 is 1.78 bits per heavy atom. The van der Waals surface area contributed by atoms with E-state index >= 15 is 0 Å². The third-order valence-corrected chi connectivity index (χ3v) is 3.74. The van der Waals surface area contributed by atoms with Gasteiger partial charge >= 0.3 is 6.09 Å². The van der Waals surface area contributed by atoms with Gasteiger partial charge in [-0.25, -0.2) is 4.79 Å². The third kappa shape index (κ3) is 5.47. The number of hydrogen-bond donors (Lipinski definition) is 0. The maximum atomic E-state index is 12.1. The SMILES string of the molecule is CC(C)(C)OC(=O)N1CCN(c2ccc(C#CCBr)cc2)CC1. The van der Waals surface area contributed by atoms with Crippen molar-refractivity contribution in [2.75, 3.05) is 36.4 Å². The average molecular weight is 379 g/mol. The van der Waals surface area contributed by atoms with Crippen molar-refractivity contribution in [3.8, 4) is 11.8 Å². The highest BCUT2D eigenvalue weighted by Gasteiger charge is 2.25. The molecule has 4 nitrogen and oxygen atoms in total. The van der Waals surface area contributed by atoms with Gasteiger partial charge in [0.2, 0.25) is 0 Å². The number of benzene rings is 1. The number of halogens is 1. The van der Waals surface area contributed by atoms with Crippen LogP contribution in [0.5, 0.6) is 0 Å². The van der Waals surface area contributed by atoms with E-state index in [-0.39, 0.29) is 6.09 Å². The van der Waals surface area contributed by atoms with Crippen molar-refractivity contribution in [1.29, 1.82) is 0 Å². The Kier molecular flexibility index (Phi) is 5.95. The number of ether oxygens (including phenoxy) is 1. The minimum atomic E-state index is -0.444. The molecule has 0 bridgehead atoms. The minimum absolute atomic E-state index is 0.224. The standard InChI is InChI=1S/C18H23BrN2O2/c1-18(2,3)23-17(22)21-13-11-20(12-14-21)16-8-6-15(7-9-16)5-4-10-19/h6-9H,10-14H2,1-3H3. The molecule has 1 heterocycles. The lowest BCUT2D eigenvalue weighted by molar-refractivity contribution is 0.0240. The molecule has 124 valence electrons. The van der Waals surface area contributed by atoms with Gasteiger partial charge < -0.3 is 14.5 Å². The molecule has 0 saturated carbocycles. The summed E-state index contributed by atoms with van der Waals surface area (Å²) >= 11 is 3.29. The number of alkyl halides is 1. The third-order valence-electron chi connectivity index (χ3n) is 3.46. The first-order chi connectivity index (χ1) is 10.9.